The van der Waals surface area contributed by atoms with Gasteiger partial charge < -0.3 is 15.4 Å². The van der Waals surface area contributed by atoms with E-state index in [0.29, 0.717) is 33.1 Å². The van der Waals surface area contributed by atoms with Crippen LogP contribution in [0.1, 0.15) is 29.8 Å². The molecule has 2 N–H and O–H groups in total. The van der Waals surface area contributed by atoms with Crippen LogP contribution in [0.15, 0.2) is 82.7 Å². The highest BCUT2D eigenvalue weighted by Crippen LogP contribution is 2.21. The average molecular weight is 517 g/mol. The molecule has 0 aliphatic heterocycles. The van der Waals surface area contributed by atoms with Crippen LogP contribution >= 0.6 is 11.8 Å². The number of carbonyl (C=O) groups excluding carboxylic acids is 2. The molecular formula is C28H28N4O4S. The van der Waals surface area contributed by atoms with Crippen molar-refractivity contribution in [1.29, 1.82) is 0 Å². The van der Waals surface area contributed by atoms with Crippen molar-refractivity contribution in [3.05, 3.63) is 94.3 Å². The largest absolute Gasteiger partial charge is 0.497 e. The molecule has 9 heteroatoms. The van der Waals surface area contributed by atoms with Crippen molar-refractivity contribution in [1.82, 2.24) is 14.9 Å². The molecule has 0 unspecified atom stereocenters. The van der Waals surface area contributed by atoms with Crippen LogP contribution in [0.4, 0.5) is 5.69 Å². The number of nitrogens with zero attached hydrogens (tertiary/aromatic N) is 2. The Balaban J connectivity index is 1.56. The molecule has 3 aromatic carbocycles. The third-order valence-electron chi connectivity index (χ3n) is 5.49. The molecule has 0 bridgehead atoms. The maximum absolute atomic E-state index is 13.4. The van der Waals surface area contributed by atoms with E-state index in [-0.39, 0.29) is 35.7 Å². The van der Waals surface area contributed by atoms with Gasteiger partial charge in [0, 0.05) is 23.4 Å². The maximum atomic E-state index is 13.4. The van der Waals surface area contributed by atoms with Gasteiger partial charge in [-0.25, -0.2) is 4.98 Å². The zero-order valence-corrected chi connectivity index (χ0v) is 21.7. The van der Waals surface area contributed by atoms with Crippen molar-refractivity contribution in [2.45, 2.75) is 31.6 Å². The first-order valence-electron chi connectivity index (χ1n) is 11.8. The number of carbonyl (C=O) groups is 2. The van der Waals surface area contributed by atoms with E-state index in [2.05, 4.69) is 15.6 Å². The Morgan fingerprint density at radius 1 is 1.03 bits per heavy atom. The molecule has 2 amide bonds. The molecule has 4 rings (SSSR count). The molecule has 0 saturated heterocycles. The number of para-hydroxylation sites is 1. The van der Waals surface area contributed by atoms with E-state index in [0.717, 1.165) is 5.56 Å². The summed E-state index contributed by atoms with van der Waals surface area (Å²) in [7, 11) is 1.56. The van der Waals surface area contributed by atoms with Gasteiger partial charge in [-0.3, -0.25) is 19.0 Å². The summed E-state index contributed by atoms with van der Waals surface area (Å²) in [4.78, 5) is 43.0. The highest BCUT2D eigenvalue weighted by molar-refractivity contribution is 7.99. The lowest BCUT2D eigenvalue weighted by Gasteiger charge is -2.14. The summed E-state index contributed by atoms with van der Waals surface area (Å²) >= 11 is 1.19. The average Bonchev–Trinajstić information content (AvgIpc) is 2.89. The van der Waals surface area contributed by atoms with E-state index in [1.165, 1.54) is 11.8 Å². The fourth-order valence-electron chi connectivity index (χ4n) is 3.71. The first-order chi connectivity index (χ1) is 17.8. The van der Waals surface area contributed by atoms with E-state index >= 15 is 0 Å². The van der Waals surface area contributed by atoms with Gasteiger partial charge in [-0.05, 0) is 55.8 Å². The minimum absolute atomic E-state index is 0.0372. The number of fused-ring (bicyclic) bond motifs is 1. The van der Waals surface area contributed by atoms with E-state index in [4.69, 9.17) is 4.74 Å². The van der Waals surface area contributed by atoms with E-state index < -0.39 is 0 Å². The zero-order valence-electron chi connectivity index (χ0n) is 20.9. The van der Waals surface area contributed by atoms with E-state index in [9.17, 15) is 14.4 Å². The summed E-state index contributed by atoms with van der Waals surface area (Å²) in [6.45, 7) is 4.06. The second kappa shape index (κ2) is 11.7. The van der Waals surface area contributed by atoms with E-state index in [1.807, 2.05) is 32.0 Å². The van der Waals surface area contributed by atoms with Crippen LogP contribution in [0.25, 0.3) is 10.9 Å². The van der Waals surface area contributed by atoms with Crippen molar-refractivity contribution >= 4 is 40.2 Å². The van der Waals surface area contributed by atoms with Crippen LogP contribution in [-0.4, -0.2) is 40.3 Å². The second-order valence-corrected chi connectivity index (χ2v) is 9.64. The Morgan fingerprint density at radius 3 is 2.51 bits per heavy atom. The third-order valence-corrected chi connectivity index (χ3v) is 6.47. The summed E-state index contributed by atoms with van der Waals surface area (Å²) < 4.78 is 6.77. The first-order valence-corrected chi connectivity index (χ1v) is 12.8. The molecule has 0 spiro atoms. The lowest BCUT2D eigenvalue weighted by molar-refractivity contribution is -0.113. The molecule has 8 nitrogen and oxygen atoms in total. The topological polar surface area (TPSA) is 102 Å². The Kier molecular flexibility index (Phi) is 8.25. The monoisotopic (exact) mass is 516 g/mol. The Bertz CT molecular complexity index is 1480. The van der Waals surface area contributed by atoms with Crippen LogP contribution in [0, 0.1) is 0 Å². The van der Waals surface area contributed by atoms with Gasteiger partial charge in [-0.1, -0.05) is 42.1 Å². The summed E-state index contributed by atoms with van der Waals surface area (Å²) in [5, 5.41) is 6.65. The number of aromatic nitrogens is 2. The number of methoxy groups -OCH3 is 1. The Morgan fingerprint density at radius 2 is 1.78 bits per heavy atom. The van der Waals surface area contributed by atoms with Gasteiger partial charge in [-0.2, -0.15) is 0 Å². The molecule has 0 radical (unpaired) electrons. The molecule has 0 aliphatic rings. The molecular weight excluding hydrogens is 488 g/mol. The minimum Gasteiger partial charge on any atom is -0.497 e. The lowest BCUT2D eigenvalue weighted by Crippen LogP contribution is -2.30. The predicted octanol–water partition coefficient (Wildman–Crippen LogP) is 4.32. The number of amides is 2. The number of benzene rings is 3. The van der Waals surface area contributed by atoms with Crippen LogP contribution in [0.3, 0.4) is 0 Å². The third kappa shape index (κ3) is 6.56. The smallest absolute Gasteiger partial charge is 0.262 e. The minimum atomic E-state index is -0.229. The molecule has 4 aromatic rings. The molecule has 1 aromatic heterocycles. The van der Waals surface area contributed by atoms with E-state index in [1.54, 1.807) is 66.3 Å². The molecule has 0 saturated carbocycles. The van der Waals surface area contributed by atoms with Gasteiger partial charge in [0.2, 0.25) is 5.91 Å². The second-order valence-electron chi connectivity index (χ2n) is 8.70. The van der Waals surface area contributed by atoms with Crippen molar-refractivity contribution in [3.63, 3.8) is 0 Å². The summed E-state index contributed by atoms with van der Waals surface area (Å²) in [6, 6.07) is 21.4. The van der Waals surface area contributed by atoms with Gasteiger partial charge >= 0.3 is 0 Å². The number of ether oxygens (including phenoxy) is 1. The van der Waals surface area contributed by atoms with Gasteiger partial charge in [0.25, 0.3) is 11.5 Å². The number of thioether (sulfide) groups is 1. The summed E-state index contributed by atoms with van der Waals surface area (Å²) in [5.41, 5.74) is 2.38. The standard InChI is InChI=1S/C28H28N4O4S/c1-18(2)29-26(34)20-13-11-19(12-14-20)16-32-27(35)23-9-4-5-10-24(23)31-28(32)37-17-25(33)30-21-7-6-8-22(15-21)36-3/h4-15,18H,16-17H2,1-3H3,(H,29,34)(H,30,33). The van der Waals surface area contributed by atoms with Crippen molar-refractivity contribution in [2.24, 2.45) is 0 Å². The predicted molar refractivity (Wildman–Crippen MR) is 146 cm³/mol. The fraction of sp³-hybridized carbons (Fsp3) is 0.214. The molecule has 0 fully saturated rings. The highest BCUT2D eigenvalue weighted by atomic mass is 32.2. The van der Waals surface area contributed by atoms with Crippen LogP contribution < -0.4 is 20.9 Å². The normalized spacial score (nSPS) is 10.9. The van der Waals surface area contributed by atoms with Crippen LogP contribution in [0.2, 0.25) is 0 Å². The van der Waals surface area contributed by atoms with Crippen molar-refractivity contribution in [3.8, 4) is 5.75 Å². The summed E-state index contributed by atoms with van der Waals surface area (Å²) in [5.74, 6) is 0.330. The number of rotatable bonds is 9. The number of anilines is 1. The maximum Gasteiger partial charge on any atom is 0.262 e. The lowest BCUT2D eigenvalue weighted by atomic mass is 10.1. The molecule has 190 valence electrons. The zero-order chi connectivity index (χ0) is 26.4. The Labute approximate surface area is 219 Å². The highest BCUT2D eigenvalue weighted by Gasteiger charge is 2.15. The number of hydrogen-bond donors (Lipinski definition) is 2. The first kappa shape index (κ1) is 26.0. The fourth-order valence-corrected chi connectivity index (χ4v) is 4.51. The molecule has 1 heterocycles. The molecule has 0 aliphatic carbocycles. The quantitative estimate of drug-likeness (QED) is 0.254. The molecule has 37 heavy (non-hydrogen) atoms. The summed E-state index contributed by atoms with van der Waals surface area (Å²) in [6.07, 6.45) is 0. The van der Waals surface area contributed by atoms with Crippen LogP contribution in [0.5, 0.6) is 5.75 Å². The van der Waals surface area contributed by atoms with Gasteiger partial charge in [0.1, 0.15) is 5.75 Å². The van der Waals surface area contributed by atoms with Crippen LogP contribution in [-0.2, 0) is 11.3 Å². The number of hydrogen-bond acceptors (Lipinski definition) is 6. The van der Waals surface area contributed by atoms with Crippen molar-refractivity contribution in [2.75, 3.05) is 18.2 Å². The molecule has 0 atom stereocenters. The van der Waals surface area contributed by atoms with Gasteiger partial charge in [0.15, 0.2) is 5.16 Å². The van der Waals surface area contributed by atoms with Crippen molar-refractivity contribution < 1.29 is 14.3 Å². The Hall–Kier alpha value is -4.11. The van der Waals surface area contributed by atoms with Gasteiger partial charge in [0.05, 0.1) is 30.3 Å². The van der Waals surface area contributed by atoms with Gasteiger partial charge in [-0.15, -0.1) is 0 Å². The number of nitrogens with one attached hydrogen (secondary N) is 2. The SMILES string of the molecule is COc1cccc(NC(=O)CSc2nc3ccccc3c(=O)n2Cc2ccc(C(=O)NC(C)C)cc2)c1.